The highest BCUT2D eigenvalue weighted by Gasteiger charge is 2.52. The van der Waals surface area contributed by atoms with E-state index in [1.165, 1.54) is 18.3 Å². The van der Waals surface area contributed by atoms with Gasteiger partial charge in [-0.3, -0.25) is 9.59 Å². The number of pyridine rings is 1. The average Bonchev–Trinajstić information content (AvgIpc) is 2.75. The van der Waals surface area contributed by atoms with Gasteiger partial charge < -0.3 is 20.5 Å². The second-order valence-electron chi connectivity index (χ2n) is 8.41. The van der Waals surface area contributed by atoms with Crippen molar-refractivity contribution < 1.29 is 23.5 Å². The molecule has 1 aromatic heterocycles. The summed E-state index contributed by atoms with van der Waals surface area (Å²) in [5.41, 5.74) is 4.55. The molecule has 0 bridgehead atoms. The van der Waals surface area contributed by atoms with Crippen LogP contribution >= 0.6 is 23.2 Å². The number of nitrogens with zero attached hydrogens (tertiary/aromatic N) is 1. The van der Waals surface area contributed by atoms with Crippen molar-refractivity contribution in [3.8, 4) is 11.5 Å². The summed E-state index contributed by atoms with van der Waals surface area (Å²) in [6.45, 7) is 6.30. The fourth-order valence-electron chi connectivity index (χ4n) is 4.03. The van der Waals surface area contributed by atoms with E-state index in [0.29, 0.717) is 23.3 Å². The molecule has 2 amide bonds. The van der Waals surface area contributed by atoms with Crippen LogP contribution in [-0.2, 0) is 9.59 Å². The Kier molecular flexibility index (Phi) is 9.31. The minimum Gasteiger partial charge on any atom is -0.493 e. The lowest BCUT2D eigenvalue weighted by molar-refractivity contribution is -0.129. The summed E-state index contributed by atoms with van der Waals surface area (Å²) in [4.78, 5) is 25.0. The standard InChI is InChI=1S/C22H25Cl2FN2O3.CH3NO/c1-4-22(27-19(28)10-29-16-7-14(2)20(24)26-9-16)11-21(3,12-22)13-30-15-5-6-17(23)18(25)8-15;2-1-3/h5-9H,4,10-13H2,1-3H3,(H,27,28);1H,(H2,2,3). The second-order valence-corrected chi connectivity index (χ2v) is 9.18. The Bertz CT molecular complexity index is 984. The van der Waals surface area contributed by atoms with Crippen LogP contribution in [0.25, 0.3) is 0 Å². The van der Waals surface area contributed by atoms with Crippen LogP contribution in [0.4, 0.5) is 4.39 Å². The van der Waals surface area contributed by atoms with Crippen molar-refractivity contribution >= 4 is 35.5 Å². The van der Waals surface area contributed by atoms with Gasteiger partial charge in [-0.1, -0.05) is 37.0 Å². The first-order valence-corrected chi connectivity index (χ1v) is 11.1. The third-order valence-corrected chi connectivity index (χ3v) is 6.15. The largest absolute Gasteiger partial charge is 0.493 e. The number of carbonyl (C=O) groups excluding carboxylic acids is 2. The van der Waals surface area contributed by atoms with E-state index in [4.69, 9.17) is 37.5 Å². The van der Waals surface area contributed by atoms with Crippen LogP contribution in [-0.4, -0.2) is 36.1 Å². The van der Waals surface area contributed by atoms with E-state index in [0.717, 1.165) is 24.8 Å². The number of aryl methyl sites for hydroxylation is 1. The van der Waals surface area contributed by atoms with Gasteiger partial charge in [-0.15, -0.1) is 0 Å². The van der Waals surface area contributed by atoms with Gasteiger partial charge in [-0.2, -0.15) is 0 Å². The molecule has 1 fully saturated rings. The van der Waals surface area contributed by atoms with E-state index in [2.05, 4.69) is 23.0 Å². The molecule has 0 atom stereocenters. The zero-order valence-corrected chi connectivity index (χ0v) is 20.3. The van der Waals surface area contributed by atoms with Crippen LogP contribution in [0.15, 0.2) is 30.5 Å². The van der Waals surface area contributed by atoms with Crippen LogP contribution in [0.2, 0.25) is 10.2 Å². The molecule has 7 nitrogen and oxygen atoms in total. The van der Waals surface area contributed by atoms with Gasteiger partial charge in [0.05, 0.1) is 17.8 Å². The Morgan fingerprint density at radius 1 is 1.27 bits per heavy atom. The van der Waals surface area contributed by atoms with E-state index in [9.17, 15) is 9.18 Å². The maximum absolute atomic E-state index is 13.6. The maximum Gasteiger partial charge on any atom is 0.258 e. The molecule has 1 aliphatic rings. The lowest BCUT2D eigenvalue weighted by atomic mass is 9.57. The summed E-state index contributed by atoms with van der Waals surface area (Å²) < 4.78 is 24.9. The molecule has 1 aliphatic carbocycles. The van der Waals surface area contributed by atoms with Gasteiger partial charge in [0, 0.05) is 17.0 Å². The number of aromatic nitrogens is 1. The van der Waals surface area contributed by atoms with Crippen molar-refractivity contribution in [2.75, 3.05) is 13.2 Å². The van der Waals surface area contributed by atoms with Crippen molar-refractivity contribution in [3.63, 3.8) is 0 Å². The molecule has 0 radical (unpaired) electrons. The summed E-state index contributed by atoms with van der Waals surface area (Å²) in [6.07, 6.45) is 4.07. The highest BCUT2D eigenvalue weighted by Crippen LogP contribution is 2.50. The molecule has 1 heterocycles. The molecular weight excluding hydrogens is 472 g/mol. The number of hydrogen-bond acceptors (Lipinski definition) is 5. The minimum atomic E-state index is -0.505. The maximum atomic E-state index is 13.6. The molecule has 1 aromatic carbocycles. The number of carbonyl (C=O) groups is 2. The number of ether oxygens (including phenoxy) is 2. The van der Waals surface area contributed by atoms with Gasteiger partial charge in [0.25, 0.3) is 5.91 Å². The Balaban J connectivity index is 0.00000122. The smallest absolute Gasteiger partial charge is 0.258 e. The molecule has 3 rings (SSSR count). The first-order chi connectivity index (χ1) is 15.5. The lowest BCUT2D eigenvalue weighted by Gasteiger charge is -2.54. The Morgan fingerprint density at radius 3 is 2.52 bits per heavy atom. The van der Waals surface area contributed by atoms with E-state index in [1.54, 1.807) is 12.1 Å². The summed E-state index contributed by atoms with van der Waals surface area (Å²) in [5, 5.41) is 3.58. The fourth-order valence-corrected chi connectivity index (χ4v) is 4.25. The summed E-state index contributed by atoms with van der Waals surface area (Å²) in [7, 11) is 0. The number of amides is 2. The molecule has 10 heteroatoms. The first kappa shape index (κ1) is 26.7. The molecule has 33 heavy (non-hydrogen) atoms. The monoisotopic (exact) mass is 499 g/mol. The quantitative estimate of drug-likeness (QED) is 0.412. The van der Waals surface area contributed by atoms with Crippen LogP contribution in [0, 0.1) is 18.2 Å². The third-order valence-electron chi connectivity index (χ3n) is 5.45. The van der Waals surface area contributed by atoms with Crippen molar-refractivity contribution in [1.29, 1.82) is 0 Å². The normalized spacial score (nSPS) is 21.2. The van der Waals surface area contributed by atoms with Gasteiger partial charge in [-0.25, -0.2) is 9.37 Å². The van der Waals surface area contributed by atoms with Crippen molar-refractivity contribution in [3.05, 3.63) is 52.0 Å². The number of halogens is 3. The first-order valence-electron chi connectivity index (χ1n) is 10.3. The topological polar surface area (TPSA) is 104 Å². The van der Waals surface area contributed by atoms with Gasteiger partial charge in [0.15, 0.2) is 6.61 Å². The summed E-state index contributed by atoms with van der Waals surface area (Å²) >= 11 is 11.6. The average molecular weight is 500 g/mol. The van der Waals surface area contributed by atoms with E-state index < -0.39 is 5.82 Å². The van der Waals surface area contributed by atoms with Crippen molar-refractivity contribution in [2.24, 2.45) is 11.1 Å². The highest BCUT2D eigenvalue weighted by atomic mass is 35.5. The second kappa shape index (κ2) is 11.5. The Morgan fingerprint density at radius 2 is 1.94 bits per heavy atom. The number of primary amides is 1. The number of nitrogens with two attached hydrogens (primary N) is 1. The number of benzene rings is 1. The summed E-state index contributed by atoms with van der Waals surface area (Å²) in [5.74, 6) is 0.248. The van der Waals surface area contributed by atoms with Crippen LogP contribution in [0.1, 0.15) is 38.7 Å². The number of nitrogens with one attached hydrogen (secondary N) is 1. The molecule has 0 aliphatic heterocycles. The fraction of sp³-hybridized carbons (Fsp3) is 0.435. The highest BCUT2D eigenvalue weighted by molar-refractivity contribution is 6.30. The SMILES string of the molecule is CCC1(NC(=O)COc2cnc(Cl)c(C)c2)CC(C)(COc2ccc(Cl)c(F)c2)C1.NC=O. The van der Waals surface area contributed by atoms with E-state index in [-0.39, 0.29) is 34.9 Å². The van der Waals surface area contributed by atoms with E-state index >= 15 is 0 Å². The molecule has 1 saturated carbocycles. The lowest BCUT2D eigenvalue weighted by Crippen LogP contribution is -2.63. The Hall–Kier alpha value is -2.58. The zero-order chi connectivity index (χ0) is 24.6. The molecule has 0 spiro atoms. The third kappa shape index (κ3) is 7.47. The molecular formula is C23H28Cl2FN3O4. The van der Waals surface area contributed by atoms with Gasteiger partial charge >= 0.3 is 0 Å². The van der Waals surface area contributed by atoms with Crippen LogP contribution < -0.4 is 20.5 Å². The van der Waals surface area contributed by atoms with E-state index in [1.807, 2.05) is 13.8 Å². The molecule has 3 N–H and O–H groups in total. The molecule has 0 unspecified atom stereocenters. The molecule has 2 aromatic rings. The predicted octanol–water partition coefficient (Wildman–Crippen LogP) is 4.46. The summed E-state index contributed by atoms with van der Waals surface area (Å²) in [6, 6.07) is 6.15. The van der Waals surface area contributed by atoms with Gasteiger partial charge in [-0.05, 0) is 49.9 Å². The van der Waals surface area contributed by atoms with Crippen LogP contribution in [0.5, 0.6) is 11.5 Å². The number of hydrogen-bond donors (Lipinski definition) is 2. The van der Waals surface area contributed by atoms with Crippen LogP contribution in [0.3, 0.4) is 0 Å². The zero-order valence-electron chi connectivity index (χ0n) is 18.8. The van der Waals surface area contributed by atoms with Crippen molar-refractivity contribution in [1.82, 2.24) is 10.3 Å². The minimum absolute atomic E-state index is 0.0664. The molecule has 180 valence electrons. The Labute approximate surface area is 202 Å². The predicted molar refractivity (Wildman–Crippen MR) is 125 cm³/mol. The van der Waals surface area contributed by atoms with Crippen molar-refractivity contribution in [2.45, 2.75) is 45.6 Å². The van der Waals surface area contributed by atoms with Gasteiger partial charge in [0.2, 0.25) is 6.41 Å². The van der Waals surface area contributed by atoms with Gasteiger partial charge in [0.1, 0.15) is 22.5 Å². The number of rotatable bonds is 8. The molecule has 0 saturated heterocycles.